The summed E-state index contributed by atoms with van der Waals surface area (Å²) in [6.07, 6.45) is 3.87. The first-order valence-electron chi connectivity index (χ1n) is 7.47. The summed E-state index contributed by atoms with van der Waals surface area (Å²) < 4.78 is 0. The van der Waals surface area contributed by atoms with Gasteiger partial charge in [0.2, 0.25) is 0 Å². The van der Waals surface area contributed by atoms with Crippen LogP contribution in [0.25, 0.3) is 0 Å². The lowest BCUT2D eigenvalue weighted by atomic mass is 10.1. The molecule has 0 radical (unpaired) electrons. The summed E-state index contributed by atoms with van der Waals surface area (Å²) in [5, 5.41) is 3.57. The Morgan fingerprint density at radius 1 is 1.42 bits per heavy atom. The lowest BCUT2D eigenvalue weighted by Gasteiger charge is -2.21. The van der Waals surface area contributed by atoms with E-state index < -0.39 is 0 Å². The van der Waals surface area contributed by atoms with Crippen molar-refractivity contribution < 1.29 is 0 Å². The monoisotopic (exact) mass is 259 g/mol. The number of likely N-dealkylation sites (N-methyl/N-ethyl adjacent to an activating group) is 2. The molecule has 19 heavy (non-hydrogen) atoms. The Morgan fingerprint density at radius 3 is 3.11 bits per heavy atom. The van der Waals surface area contributed by atoms with Crippen molar-refractivity contribution >= 4 is 5.69 Å². The molecule has 0 aliphatic carbocycles. The van der Waals surface area contributed by atoms with Gasteiger partial charge in [0, 0.05) is 38.4 Å². The zero-order valence-corrected chi connectivity index (χ0v) is 12.2. The second-order valence-corrected chi connectivity index (χ2v) is 6.12. The Kier molecular flexibility index (Phi) is 3.76. The molecular weight excluding hydrogens is 234 g/mol. The molecule has 0 spiro atoms. The van der Waals surface area contributed by atoms with Gasteiger partial charge in [0.1, 0.15) is 0 Å². The first-order chi connectivity index (χ1) is 9.22. The Bertz CT molecular complexity index is 438. The minimum atomic E-state index is 0.700. The van der Waals surface area contributed by atoms with Crippen LogP contribution in [0.1, 0.15) is 24.0 Å². The van der Waals surface area contributed by atoms with Crippen LogP contribution >= 0.6 is 0 Å². The summed E-state index contributed by atoms with van der Waals surface area (Å²) >= 11 is 0. The van der Waals surface area contributed by atoms with Crippen molar-refractivity contribution in [3.63, 3.8) is 0 Å². The van der Waals surface area contributed by atoms with Crippen LogP contribution in [0.5, 0.6) is 0 Å². The highest BCUT2D eigenvalue weighted by molar-refractivity contribution is 5.58. The molecule has 0 amide bonds. The molecule has 1 saturated heterocycles. The van der Waals surface area contributed by atoms with Crippen molar-refractivity contribution in [1.82, 2.24) is 10.2 Å². The van der Waals surface area contributed by atoms with Crippen LogP contribution in [0.2, 0.25) is 0 Å². The van der Waals surface area contributed by atoms with Gasteiger partial charge in [-0.15, -0.1) is 0 Å². The van der Waals surface area contributed by atoms with Gasteiger partial charge in [-0.1, -0.05) is 12.1 Å². The molecule has 1 aromatic carbocycles. The highest BCUT2D eigenvalue weighted by atomic mass is 15.1. The van der Waals surface area contributed by atoms with E-state index in [0.29, 0.717) is 6.04 Å². The molecule has 3 heteroatoms. The highest BCUT2D eigenvalue weighted by Crippen LogP contribution is 2.27. The SMILES string of the molecule is CN(Cc1ccc2c(c1)CCN2C)CC1CCCN1. The molecule has 2 aliphatic heterocycles. The van der Waals surface area contributed by atoms with Crippen molar-refractivity contribution in [1.29, 1.82) is 0 Å². The van der Waals surface area contributed by atoms with E-state index in [4.69, 9.17) is 0 Å². The number of fused-ring (bicyclic) bond motifs is 1. The molecule has 0 saturated carbocycles. The van der Waals surface area contributed by atoms with E-state index in [1.54, 1.807) is 0 Å². The highest BCUT2D eigenvalue weighted by Gasteiger charge is 2.18. The average molecular weight is 259 g/mol. The van der Waals surface area contributed by atoms with Gasteiger partial charge in [-0.3, -0.25) is 0 Å². The summed E-state index contributed by atoms with van der Waals surface area (Å²) in [7, 11) is 4.42. The molecule has 104 valence electrons. The number of nitrogens with zero attached hydrogens (tertiary/aromatic N) is 2. The molecule has 3 nitrogen and oxygen atoms in total. The zero-order valence-electron chi connectivity index (χ0n) is 12.2. The van der Waals surface area contributed by atoms with Gasteiger partial charge in [-0.2, -0.15) is 0 Å². The summed E-state index contributed by atoms with van der Waals surface area (Å²) in [4.78, 5) is 4.80. The number of nitrogens with one attached hydrogen (secondary N) is 1. The first-order valence-corrected chi connectivity index (χ1v) is 7.47. The van der Waals surface area contributed by atoms with E-state index in [0.717, 1.165) is 13.1 Å². The fourth-order valence-corrected chi connectivity index (χ4v) is 3.38. The van der Waals surface area contributed by atoms with Gasteiger partial charge in [0.25, 0.3) is 0 Å². The molecule has 2 aliphatic rings. The maximum Gasteiger partial charge on any atom is 0.0397 e. The Balaban J connectivity index is 1.60. The van der Waals surface area contributed by atoms with Crippen LogP contribution in [0, 0.1) is 0 Å². The second kappa shape index (κ2) is 5.51. The molecular formula is C16H25N3. The molecule has 1 fully saturated rings. The third-order valence-corrected chi connectivity index (χ3v) is 4.42. The zero-order chi connectivity index (χ0) is 13.2. The smallest absolute Gasteiger partial charge is 0.0397 e. The molecule has 1 atom stereocenters. The summed E-state index contributed by atoms with van der Waals surface area (Å²) in [6, 6.07) is 7.68. The molecule has 0 bridgehead atoms. The summed E-state index contributed by atoms with van der Waals surface area (Å²) in [5.41, 5.74) is 4.39. The fourth-order valence-electron chi connectivity index (χ4n) is 3.38. The average Bonchev–Trinajstić information content (AvgIpc) is 3.00. The number of hydrogen-bond donors (Lipinski definition) is 1. The van der Waals surface area contributed by atoms with Gasteiger partial charge in [0.15, 0.2) is 0 Å². The number of anilines is 1. The van der Waals surface area contributed by atoms with Crippen molar-refractivity contribution in [3.05, 3.63) is 29.3 Å². The van der Waals surface area contributed by atoms with Gasteiger partial charge >= 0.3 is 0 Å². The predicted molar refractivity (Wildman–Crippen MR) is 80.8 cm³/mol. The lowest BCUT2D eigenvalue weighted by Crippen LogP contribution is -2.34. The maximum atomic E-state index is 3.57. The van der Waals surface area contributed by atoms with Crippen molar-refractivity contribution in [2.24, 2.45) is 0 Å². The van der Waals surface area contributed by atoms with Crippen LogP contribution in [0.3, 0.4) is 0 Å². The Labute approximate surface area is 116 Å². The van der Waals surface area contributed by atoms with Crippen molar-refractivity contribution in [3.8, 4) is 0 Å². The van der Waals surface area contributed by atoms with E-state index in [2.05, 4.69) is 47.4 Å². The molecule has 1 unspecified atom stereocenters. The fraction of sp³-hybridized carbons (Fsp3) is 0.625. The molecule has 2 heterocycles. The third kappa shape index (κ3) is 2.93. The second-order valence-electron chi connectivity index (χ2n) is 6.12. The van der Waals surface area contributed by atoms with E-state index >= 15 is 0 Å². The topological polar surface area (TPSA) is 18.5 Å². The largest absolute Gasteiger partial charge is 0.374 e. The quantitative estimate of drug-likeness (QED) is 0.890. The van der Waals surface area contributed by atoms with Crippen LogP contribution in [-0.2, 0) is 13.0 Å². The number of hydrogen-bond acceptors (Lipinski definition) is 3. The minimum Gasteiger partial charge on any atom is -0.374 e. The van der Waals surface area contributed by atoms with Crippen LogP contribution in [0.4, 0.5) is 5.69 Å². The standard InChI is InChI=1S/C16H25N3/c1-18(12-15-4-3-8-17-15)11-13-5-6-16-14(10-13)7-9-19(16)2/h5-6,10,15,17H,3-4,7-9,11-12H2,1-2H3. The Hall–Kier alpha value is -1.06. The van der Waals surface area contributed by atoms with E-state index in [1.807, 2.05) is 0 Å². The third-order valence-electron chi connectivity index (χ3n) is 4.42. The normalized spacial score (nSPS) is 22.3. The molecule has 0 aromatic heterocycles. The van der Waals surface area contributed by atoms with Crippen molar-refractivity contribution in [2.75, 3.05) is 38.6 Å². The van der Waals surface area contributed by atoms with Crippen LogP contribution in [0.15, 0.2) is 18.2 Å². The number of rotatable bonds is 4. The van der Waals surface area contributed by atoms with E-state index in [1.165, 1.54) is 49.2 Å². The van der Waals surface area contributed by atoms with Gasteiger partial charge in [-0.05, 0) is 50.0 Å². The lowest BCUT2D eigenvalue weighted by molar-refractivity contribution is 0.293. The Morgan fingerprint density at radius 2 is 2.32 bits per heavy atom. The van der Waals surface area contributed by atoms with Crippen LogP contribution in [-0.4, -0.2) is 44.7 Å². The van der Waals surface area contributed by atoms with Gasteiger partial charge in [-0.25, -0.2) is 0 Å². The minimum absolute atomic E-state index is 0.700. The van der Waals surface area contributed by atoms with Gasteiger partial charge in [0.05, 0.1) is 0 Å². The van der Waals surface area contributed by atoms with Gasteiger partial charge < -0.3 is 15.1 Å². The summed E-state index contributed by atoms with van der Waals surface area (Å²) in [5.74, 6) is 0. The maximum absolute atomic E-state index is 3.57. The van der Waals surface area contributed by atoms with Crippen LogP contribution < -0.4 is 10.2 Å². The van der Waals surface area contributed by atoms with E-state index in [9.17, 15) is 0 Å². The molecule has 3 rings (SSSR count). The molecule has 1 aromatic rings. The first kappa shape index (κ1) is 12.9. The van der Waals surface area contributed by atoms with Crippen molar-refractivity contribution in [2.45, 2.75) is 31.8 Å². The molecule has 1 N–H and O–H groups in total. The number of benzene rings is 1. The van der Waals surface area contributed by atoms with E-state index in [-0.39, 0.29) is 0 Å². The predicted octanol–water partition coefficient (Wildman–Crippen LogP) is 1.86. The summed E-state index contributed by atoms with van der Waals surface area (Å²) in [6.45, 7) is 4.59.